The lowest BCUT2D eigenvalue weighted by molar-refractivity contribution is 0.111. The molecule has 0 aromatic heterocycles. The highest BCUT2D eigenvalue weighted by molar-refractivity contribution is 6.33. The van der Waals surface area contributed by atoms with Crippen LogP contribution in [0.2, 0.25) is 5.02 Å². The van der Waals surface area contributed by atoms with Gasteiger partial charge >= 0.3 is 0 Å². The summed E-state index contributed by atoms with van der Waals surface area (Å²) in [6, 6.07) is 5.22. The second kappa shape index (κ2) is 5.76. The fourth-order valence-electron chi connectivity index (χ4n) is 1.11. The normalized spacial score (nSPS) is 12.2. The highest BCUT2D eigenvalue weighted by atomic mass is 35.5. The Morgan fingerprint density at radius 2 is 2.27 bits per heavy atom. The Morgan fingerprint density at radius 3 is 2.87 bits per heavy atom. The molecule has 0 saturated heterocycles. The van der Waals surface area contributed by atoms with E-state index in [9.17, 15) is 4.79 Å². The molecule has 0 heterocycles. The molecule has 0 amide bonds. The van der Waals surface area contributed by atoms with E-state index in [1.165, 1.54) is 0 Å². The van der Waals surface area contributed by atoms with Gasteiger partial charge in [0.2, 0.25) is 0 Å². The van der Waals surface area contributed by atoms with Crippen LogP contribution in [0.15, 0.2) is 18.2 Å². The minimum atomic E-state index is 0.433. The van der Waals surface area contributed by atoms with Crippen molar-refractivity contribution in [3.05, 3.63) is 28.8 Å². The molecule has 0 aliphatic rings. The maximum Gasteiger partial charge on any atom is 0.155 e. The Morgan fingerprint density at radius 1 is 1.53 bits per heavy atom. The number of hydrogen-bond donors (Lipinski definition) is 0. The van der Waals surface area contributed by atoms with E-state index in [2.05, 4.69) is 13.8 Å². The van der Waals surface area contributed by atoms with Gasteiger partial charge in [-0.25, -0.2) is 0 Å². The van der Waals surface area contributed by atoms with Gasteiger partial charge in [-0.05, 0) is 18.1 Å². The standard InChI is InChI=1S/C12H15ClO2/c1-3-9(2)8-15-12-6-4-5-11(13)10(12)7-14/h4-7,9H,3,8H2,1-2H3. The summed E-state index contributed by atoms with van der Waals surface area (Å²) in [6.07, 6.45) is 1.78. The van der Waals surface area contributed by atoms with Crippen molar-refractivity contribution in [2.75, 3.05) is 6.61 Å². The Hall–Kier alpha value is -1.02. The highest BCUT2D eigenvalue weighted by Crippen LogP contribution is 2.24. The van der Waals surface area contributed by atoms with Gasteiger partial charge in [0, 0.05) is 0 Å². The lowest BCUT2D eigenvalue weighted by Crippen LogP contribution is -2.08. The first-order valence-corrected chi connectivity index (χ1v) is 5.43. The van der Waals surface area contributed by atoms with Crippen LogP contribution in [0.1, 0.15) is 30.6 Å². The number of carbonyl (C=O) groups excluding carboxylic acids is 1. The van der Waals surface area contributed by atoms with Crippen molar-refractivity contribution in [2.24, 2.45) is 5.92 Å². The number of benzene rings is 1. The van der Waals surface area contributed by atoms with Gasteiger partial charge in [0.25, 0.3) is 0 Å². The van der Waals surface area contributed by atoms with E-state index in [1.54, 1.807) is 18.2 Å². The van der Waals surface area contributed by atoms with Gasteiger partial charge in [-0.1, -0.05) is 37.9 Å². The van der Waals surface area contributed by atoms with Crippen LogP contribution in [-0.2, 0) is 0 Å². The van der Waals surface area contributed by atoms with Crippen molar-refractivity contribution in [1.29, 1.82) is 0 Å². The maximum atomic E-state index is 10.8. The number of carbonyl (C=O) groups is 1. The summed E-state index contributed by atoms with van der Waals surface area (Å²) in [5.41, 5.74) is 0.433. The number of ether oxygens (including phenoxy) is 1. The fourth-order valence-corrected chi connectivity index (χ4v) is 1.32. The zero-order valence-electron chi connectivity index (χ0n) is 9.00. The van der Waals surface area contributed by atoms with Crippen LogP contribution in [0.4, 0.5) is 0 Å². The van der Waals surface area contributed by atoms with Crippen molar-refractivity contribution in [3.8, 4) is 5.75 Å². The summed E-state index contributed by atoms with van der Waals surface area (Å²) < 4.78 is 5.55. The molecule has 0 fully saturated rings. The quantitative estimate of drug-likeness (QED) is 0.718. The van der Waals surface area contributed by atoms with Crippen LogP contribution in [0.25, 0.3) is 0 Å². The molecule has 1 unspecified atom stereocenters. The molecule has 0 bridgehead atoms. The molecule has 1 atom stereocenters. The molecular weight excluding hydrogens is 212 g/mol. The zero-order valence-corrected chi connectivity index (χ0v) is 9.75. The summed E-state index contributed by atoms with van der Waals surface area (Å²) in [7, 11) is 0. The summed E-state index contributed by atoms with van der Waals surface area (Å²) >= 11 is 5.87. The van der Waals surface area contributed by atoms with Crippen LogP contribution in [0, 0.1) is 5.92 Å². The molecule has 3 heteroatoms. The summed E-state index contributed by atoms with van der Waals surface area (Å²) in [5, 5.41) is 0.437. The first-order valence-electron chi connectivity index (χ1n) is 5.05. The number of rotatable bonds is 5. The largest absolute Gasteiger partial charge is 0.493 e. The van der Waals surface area contributed by atoms with Crippen LogP contribution in [-0.4, -0.2) is 12.9 Å². The second-order valence-corrected chi connectivity index (χ2v) is 4.00. The SMILES string of the molecule is CCC(C)COc1cccc(Cl)c1C=O. The minimum absolute atomic E-state index is 0.433. The smallest absolute Gasteiger partial charge is 0.155 e. The molecule has 0 saturated carbocycles. The summed E-state index contributed by atoms with van der Waals surface area (Å²) in [5.74, 6) is 1.04. The third-order valence-electron chi connectivity index (χ3n) is 2.35. The van der Waals surface area contributed by atoms with E-state index >= 15 is 0 Å². The summed E-state index contributed by atoms with van der Waals surface area (Å²) in [6.45, 7) is 4.81. The first-order chi connectivity index (χ1) is 7.19. The van der Waals surface area contributed by atoms with Crippen molar-refractivity contribution in [2.45, 2.75) is 20.3 Å². The minimum Gasteiger partial charge on any atom is -0.493 e. The van der Waals surface area contributed by atoms with Crippen LogP contribution in [0.3, 0.4) is 0 Å². The van der Waals surface area contributed by atoms with E-state index in [-0.39, 0.29) is 0 Å². The lowest BCUT2D eigenvalue weighted by atomic mass is 10.1. The third-order valence-corrected chi connectivity index (χ3v) is 2.68. The van der Waals surface area contributed by atoms with E-state index in [1.807, 2.05) is 0 Å². The molecule has 0 aliphatic carbocycles. The monoisotopic (exact) mass is 226 g/mol. The fraction of sp³-hybridized carbons (Fsp3) is 0.417. The molecule has 0 aliphatic heterocycles. The first kappa shape index (κ1) is 12.1. The molecule has 1 rings (SSSR count). The van der Waals surface area contributed by atoms with Gasteiger partial charge in [-0.3, -0.25) is 4.79 Å². The predicted octanol–water partition coefficient (Wildman–Crippen LogP) is 3.58. The van der Waals surface area contributed by atoms with Crippen LogP contribution >= 0.6 is 11.6 Å². The second-order valence-electron chi connectivity index (χ2n) is 3.59. The van der Waals surface area contributed by atoms with Crippen LogP contribution in [0.5, 0.6) is 5.75 Å². The summed E-state index contributed by atoms with van der Waals surface area (Å²) in [4.78, 5) is 10.8. The van der Waals surface area contributed by atoms with Crippen molar-refractivity contribution >= 4 is 17.9 Å². The topological polar surface area (TPSA) is 26.3 Å². The van der Waals surface area contributed by atoms with E-state index in [0.717, 1.165) is 12.7 Å². The molecule has 0 radical (unpaired) electrons. The zero-order chi connectivity index (χ0) is 11.3. The van der Waals surface area contributed by atoms with Gasteiger partial charge in [-0.2, -0.15) is 0 Å². The van der Waals surface area contributed by atoms with Crippen molar-refractivity contribution < 1.29 is 9.53 Å². The van der Waals surface area contributed by atoms with E-state index in [4.69, 9.17) is 16.3 Å². The van der Waals surface area contributed by atoms with Gasteiger partial charge in [0.15, 0.2) is 6.29 Å². The number of halogens is 1. The van der Waals surface area contributed by atoms with E-state index < -0.39 is 0 Å². The van der Waals surface area contributed by atoms with Crippen LogP contribution < -0.4 is 4.74 Å². The molecule has 15 heavy (non-hydrogen) atoms. The Bertz CT molecular complexity index is 336. The number of hydrogen-bond acceptors (Lipinski definition) is 2. The van der Waals surface area contributed by atoms with E-state index in [0.29, 0.717) is 28.9 Å². The Labute approximate surface area is 95.2 Å². The van der Waals surface area contributed by atoms with Gasteiger partial charge in [0.05, 0.1) is 17.2 Å². The molecule has 82 valence electrons. The molecular formula is C12H15ClO2. The number of aldehydes is 1. The molecule has 0 N–H and O–H groups in total. The van der Waals surface area contributed by atoms with Crippen molar-refractivity contribution in [1.82, 2.24) is 0 Å². The Kier molecular flexibility index (Phi) is 4.63. The van der Waals surface area contributed by atoms with Gasteiger partial charge in [0.1, 0.15) is 5.75 Å². The predicted molar refractivity (Wildman–Crippen MR) is 61.8 cm³/mol. The third kappa shape index (κ3) is 3.24. The van der Waals surface area contributed by atoms with Gasteiger partial charge in [-0.15, -0.1) is 0 Å². The Balaban J connectivity index is 2.76. The molecule has 2 nitrogen and oxygen atoms in total. The van der Waals surface area contributed by atoms with Gasteiger partial charge < -0.3 is 4.74 Å². The molecule has 1 aromatic rings. The molecule has 1 aromatic carbocycles. The maximum absolute atomic E-state index is 10.8. The highest BCUT2D eigenvalue weighted by Gasteiger charge is 2.08. The average molecular weight is 227 g/mol. The average Bonchev–Trinajstić information content (AvgIpc) is 2.25. The molecule has 0 spiro atoms. The van der Waals surface area contributed by atoms with Crippen molar-refractivity contribution in [3.63, 3.8) is 0 Å². The lowest BCUT2D eigenvalue weighted by Gasteiger charge is -2.12.